The molecule has 4 N–H and O–H groups in total. The molecular weight excluding hydrogens is 292 g/mol. The average Bonchev–Trinajstić information content (AvgIpc) is 2.60. The molecule has 0 spiro atoms. The van der Waals surface area contributed by atoms with Crippen molar-refractivity contribution >= 4 is 11.9 Å². The third-order valence-electron chi connectivity index (χ3n) is 3.76. The summed E-state index contributed by atoms with van der Waals surface area (Å²) < 4.78 is 0. The third kappa shape index (κ3) is 3.62. The lowest BCUT2D eigenvalue weighted by atomic mass is 9.74. The van der Waals surface area contributed by atoms with Gasteiger partial charge in [0.2, 0.25) is 5.95 Å². The summed E-state index contributed by atoms with van der Waals surface area (Å²) >= 11 is 0. The average molecular weight is 314 g/mol. The number of nitrogens with two attached hydrogens (primary N) is 1. The van der Waals surface area contributed by atoms with Crippen LogP contribution in [-0.2, 0) is 5.54 Å². The van der Waals surface area contributed by atoms with Crippen molar-refractivity contribution in [3.8, 4) is 0 Å². The summed E-state index contributed by atoms with van der Waals surface area (Å²) in [4.78, 5) is 24.1. The first-order valence-corrected chi connectivity index (χ1v) is 7.76. The molecule has 23 heavy (non-hydrogen) atoms. The Bertz CT molecular complexity index is 625. The van der Waals surface area contributed by atoms with Crippen molar-refractivity contribution in [1.29, 1.82) is 0 Å². The molecule has 1 saturated carbocycles. The molecule has 0 atom stereocenters. The fourth-order valence-corrected chi connectivity index (χ4v) is 2.43. The van der Waals surface area contributed by atoms with Gasteiger partial charge < -0.3 is 5.32 Å². The van der Waals surface area contributed by atoms with Gasteiger partial charge in [0.15, 0.2) is 0 Å². The van der Waals surface area contributed by atoms with E-state index in [2.05, 4.69) is 20.3 Å². The third-order valence-corrected chi connectivity index (χ3v) is 3.76. The Morgan fingerprint density at radius 3 is 2.35 bits per heavy atom. The van der Waals surface area contributed by atoms with E-state index in [4.69, 9.17) is 5.84 Å². The molecule has 1 amide bonds. The molecule has 7 nitrogen and oxygen atoms in total. The Hall–Kier alpha value is -2.54. The van der Waals surface area contributed by atoms with Crippen LogP contribution in [0.15, 0.2) is 36.8 Å². The number of nitrogens with one attached hydrogen (secondary N) is 2. The second-order valence-electron chi connectivity index (χ2n) is 5.04. The fraction of sp³-hybridized carbons (Fsp3) is 0.375. The zero-order valence-electron chi connectivity index (χ0n) is 13.4. The SMILES string of the molecule is CC.NNC(=O)c1cnc(NC2(c3ccccn3)CCC2)nc1. The number of hydrogen-bond acceptors (Lipinski definition) is 6. The molecule has 1 aliphatic carbocycles. The van der Waals surface area contributed by atoms with Crippen LogP contribution in [0.3, 0.4) is 0 Å². The van der Waals surface area contributed by atoms with Crippen LogP contribution in [0, 0.1) is 0 Å². The number of amides is 1. The van der Waals surface area contributed by atoms with E-state index in [0.717, 1.165) is 25.0 Å². The quantitative estimate of drug-likeness (QED) is 0.453. The first-order valence-electron chi connectivity index (χ1n) is 7.76. The van der Waals surface area contributed by atoms with Gasteiger partial charge >= 0.3 is 0 Å². The predicted molar refractivity (Wildman–Crippen MR) is 88.4 cm³/mol. The van der Waals surface area contributed by atoms with Gasteiger partial charge in [-0.25, -0.2) is 15.8 Å². The molecule has 7 heteroatoms. The zero-order chi connectivity index (χ0) is 16.7. The van der Waals surface area contributed by atoms with E-state index in [-0.39, 0.29) is 5.54 Å². The van der Waals surface area contributed by atoms with E-state index >= 15 is 0 Å². The number of nitrogens with zero attached hydrogens (tertiary/aromatic N) is 3. The molecular formula is C16H22N6O. The monoisotopic (exact) mass is 314 g/mol. The van der Waals surface area contributed by atoms with Crippen molar-refractivity contribution < 1.29 is 4.79 Å². The molecule has 2 heterocycles. The Morgan fingerprint density at radius 1 is 1.17 bits per heavy atom. The Morgan fingerprint density at radius 2 is 1.87 bits per heavy atom. The number of rotatable bonds is 4. The molecule has 1 fully saturated rings. The Labute approximate surface area is 135 Å². The van der Waals surface area contributed by atoms with Gasteiger partial charge in [0.05, 0.1) is 16.8 Å². The second kappa shape index (κ2) is 7.64. The van der Waals surface area contributed by atoms with E-state index < -0.39 is 5.91 Å². The molecule has 1 aliphatic rings. The van der Waals surface area contributed by atoms with Gasteiger partial charge in [-0.3, -0.25) is 15.2 Å². The van der Waals surface area contributed by atoms with Gasteiger partial charge in [-0.1, -0.05) is 19.9 Å². The molecule has 0 saturated heterocycles. The normalized spacial score (nSPS) is 14.7. The molecule has 0 bridgehead atoms. The summed E-state index contributed by atoms with van der Waals surface area (Å²) in [6.45, 7) is 4.00. The fourth-order valence-electron chi connectivity index (χ4n) is 2.43. The standard InChI is InChI=1S/C14H16N6O.C2H6/c15-20-12(21)10-8-17-13(18-9-10)19-14(5-3-6-14)11-4-1-2-7-16-11;1-2/h1-2,4,7-9H,3,5-6,15H2,(H,20,21)(H,17,18,19);1-2H3. The van der Waals surface area contributed by atoms with E-state index in [1.807, 2.05) is 37.5 Å². The number of carbonyl (C=O) groups is 1. The van der Waals surface area contributed by atoms with Gasteiger partial charge in [-0.15, -0.1) is 0 Å². The maximum atomic E-state index is 11.4. The van der Waals surface area contributed by atoms with Gasteiger partial charge in [-0.2, -0.15) is 0 Å². The second-order valence-corrected chi connectivity index (χ2v) is 5.04. The van der Waals surface area contributed by atoms with E-state index in [1.54, 1.807) is 6.20 Å². The van der Waals surface area contributed by atoms with Crippen molar-refractivity contribution in [2.75, 3.05) is 5.32 Å². The maximum absolute atomic E-state index is 11.4. The van der Waals surface area contributed by atoms with Crippen LogP contribution < -0.4 is 16.6 Å². The lowest BCUT2D eigenvalue weighted by Gasteiger charge is -2.42. The largest absolute Gasteiger partial charge is 0.343 e. The first kappa shape index (κ1) is 16.8. The summed E-state index contributed by atoms with van der Waals surface area (Å²) in [6, 6.07) is 5.87. The van der Waals surface area contributed by atoms with Crippen molar-refractivity contribution in [1.82, 2.24) is 20.4 Å². The van der Waals surface area contributed by atoms with Gasteiger partial charge in [-0.05, 0) is 31.4 Å². The lowest BCUT2D eigenvalue weighted by molar-refractivity contribution is 0.0953. The van der Waals surface area contributed by atoms with E-state index in [1.165, 1.54) is 12.4 Å². The topological polar surface area (TPSA) is 106 Å². The van der Waals surface area contributed by atoms with Crippen molar-refractivity contribution in [3.63, 3.8) is 0 Å². The number of carbonyl (C=O) groups excluding carboxylic acids is 1. The van der Waals surface area contributed by atoms with Crippen LogP contribution >= 0.6 is 0 Å². The van der Waals surface area contributed by atoms with E-state index in [0.29, 0.717) is 11.5 Å². The molecule has 3 rings (SSSR count). The summed E-state index contributed by atoms with van der Waals surface area (Å²) in [5, 5.41) is 3.34. The highest BCUT2D eigenvalue weighted by Gasteiger charge is 2.40. The molecule has 2 aromatic rings. The summed E-state index contributed by atoms with van der Waals surface area (Å²) in [7, 11) is 0. The number of hydrogen-bond donors (Lipinski definition) is 3. The van der Waals surface area contributed by atoms with Crippen LogP contribution in [0.25, 0.3) is 0 Å². The predicted octanol–water partition coefficient (Wildman–Crippen LogP) is 1.99. The molecule has 0 aliphatic heterocycles. The van der Waals surface area contributed by atoms with Crippen LogP contribution in [0.5, 0.6) is 0 Å². The summed E-state index contributed by atoms with van der Waals surface area (Å²) in [5.41, 5.74) is 3.15. The molecule has 122 valence electrons. The number of anilines is 1. The Balaban J connectivity index is 0.000000924. The number of hydrazine groups is 1. The van der Waals surface area contributed by atoms with Gasteiger partial charge in [0, 0.05) is 18.6 Å². The molecule has 0 unspecified atom stereocenters. The number of pyridine rings is 1. The number of nitrogen functional groups attached to an aromatic ring is 1. The number of aromatic nitrogens is 3. The summed E-state index contributed by atoms with van der Waals surface area (Å²) in [6.07, 6.45) is 7.78. The van der Waals surface area contributed by atoms with Crippen LogP contribution in [-0.4, -0.2) is 20.9 Å². The van der Waals surface area contributed by atoms with E-state index in [9.17, 15) is 4.79 Å². The first-order chi connectivity index (χ1) is 11.2. The minimum absolute atomic E-state index is 0.209. The van der Waals surface area contributed by atoms with Crippen molar-refractivity contribution in [2.24, 2.45) is 5.84 Å². The zero-order valence-corrected chi connectivity index (χ0v) is 13.4. The van der Waals surface area contributed by atoms with Crippen LogP contribution in [0.1, 0.15) is 49.2 Å². The Kier molecular flexibility index (Phi) is 5.59. The smallest absolute Gasteiger partial charge is 0.268 e. The highest BCUT2D eigenvalue weighted by Crippen LogP contribution is 2.42. The molecule has 0 radical (unpaired) electrons. The van der Waals surface area contributed by atoms with Gasteiger partial charge in [0.25, 0.3) is 5.91 Å². The minimum atomic E-state index is -0.412. The maximum Gasteiger partial charge on any atom is 0.268 e. The molecule has 0 aromatic carbocycles. The summed E-state index contributed by atoms with van der Waals surface area (Å²) in [5.74, 6) is 5.14. The lowest BCUT2D eigenvalue weighted by Crippen LogP contribution is -2.43. The van der Waals surface area contributed by atoms with Crippen LogP contribution in [0.4, 0.5) is 5.95 Å². The highest BCUT2D eigenvalue weighted by atomic mass is 16.2. The molecule has 2 aromatic heterocycles. The highest BCUT2D eigenvalue weighted by molar-refractivity contribution is 5.93. The van der Waals surface area contributed by atoms with Gasteiger partial charge in [0.1, 0.15) is 0 Å². The van der Waals surface area contributed by atoms with Crippen LogP contribution in [0.2, 0.25) is 0 Å². The van der Waals surface area contributed by atoms with Crippen molar-refractivity contribution in [3.05, 3.63) is 48.0 Å². The minimum Gasteiger partial charge on any atom is -0.343 e. The van der Waals surface area contributed by atoms with Crippen molar-refractivity contribution in [2.45, 2.75) is 38.6 Å².